The standard InChI is InChI=1S/C17H21Cl2N3O2/c18-12-4-5-13(14(19)11-12)16(23)21-7-9-22(10-8-21)17(24)15-3-1-2-6-20-15/h4-5,11,15,20H,1-3,6-10H2. The Morgan fingerprint density at radius 1 is 1.04 bits per heavy atom. The highest BCUT2D eigenvalue weighted by Crippen LogP contribution is 2.23. The molecule has 0 saturated carbocycles. The third kappa shape index (κ3) is 3.85. The minimum absolute atomic E-state index is 0.0632. The second-order valence-electron chi connectivity index (χ2n) is 6.24. The van der Waals surface area contributed by atoms with Gasteiger partial charge in [0.1, 0.15) is 0 Å². The summed E-state index contributed by atoms with van der Waals surface area (Å²) in [6.45, 7) is 3.08. The van der Waals surface area contributed by atoms with E-state index < -0.39 is 0 Å². The molecule has 1 atom stereocenters. The first kappa shape index (κ1) is 17.5. The normalized spacial score (nSPS) is 21.7. The maximum atomic E-state index is 12.6. The van der Waals surface area contributed by atoms with E-state index in [-0.39, 0.29) is 17.9 Å². The number of nitrogens with one attached hydrogen (secondary N) is 1. The summed E-state index contributed by atoms with van der Waals surface area (Å²) in [7, 11) is 0. The summed E-state index contributed by atoms with van der Waals surface area (Å²) in [5.74, 6) is 0.0471. The highest BCUT2D eigenvalue weighted by atomic mass is 35.5. The van der Waals surface area contributed by atoms with E-state index in [1.165, 1.54) is 0 Å². The van der Waals surface area contributed by atoms with Crippen LogP contribution in [-0.2, 0) is 4.79 Å². The van der Waals surface area contributed by atoms with Gasteiger partial charge in [0.05, 0.1) is 16.6 Å². The Bertz CT molecular complexity index is 624. The number of halogens is 2. The maximum absolute atomic E-state index is 12.6. The zero-order chi connectivity index (χ0) is 17.1. The van der Waals surface area contributed by atoms with Crippen LogP contribution < -0.4 is 5.32 Å². The topological polar surface area (TPSA) is 52.7 Å². The number of carbonyl (C=O) groups excluding carboxylic acids is 2. The molecule has 0 spiro atoms. The smallest absolute Gasteiger partial charge is 0.255 e. The second-order valence-corrected chi connectivity index (χ2v) is 7.09. The van der Waals surface area contributed by atoms with Gasteiger partial charge in [0.15, 0.2) is 0 Å². The van der Waals surface area contributed by atoms with Gasteiger partial charge in [0.25, 0.3) is 5.91 Å². The molecule has 2 heterocycles. The van der Waals surface area contributed by atoms with E-state index in [1.54, 1.807) is 23.1 Å². The van der Waals surface area contributed by atoms with Gasteiger partial charge in [0.2, 0.25) is 5.91 Å². The summed E-state index contributed by atoms with van der Waals surface area (Å²) in [6, 6.07) is 4.82. The van der Waals surface area contributed by atoms with Crippen LogP contribution in [0.1, 0.15) is 29.6 Å². The van der Waals surface area contributed by atoms with Crippen molar-refractivity contribution < 1.29 is 9.59 Å². The first-order valence-corrected chi connectivity index (χ1v) is 9.08. The molecule has 2 aliphatic heterocycles. The number of hydrogen-bond donors (Lipinski definition) is 1. The van der Waals surface area contributed by atoms with Crippen LogP contribution in [0.15, 0.2) is 18.2 Å². The number of rotatable bonds is 2. The largest absolute Gasteiger partial charge is 0.338 e. The van der Waals surface area contributed by atoms with Crippen molar-refractivity contribution in [1.82, 2.24) is 15.1 Å². The Balaban J connectivity index is 1.58. The van der Waals surface area contributed by atoms with Crippen LogP contribution in [0.4, 0.5) is 0 Å². The quantitative estimate of drug-likeness (QED) is 0.870. The molecule has 2 amide bonds. The molecule has 1 N–H and O–H groups in total. The number of hydrogen-bond acceptors (Lipinski definition) is 3. The fraction of sp³-hybridized carbons (Fsp3) is 0.529. The number of benzene rings is 1. The van der Waals surface area contributed by atoms with Crippen LogP contribution in [0.25, 0.3) is 0 Å². The van der Waals surface area contributed by atoms with E-state index in [0.717, 1.165) is 25.8 Å². The van der Waals surface area contributed by atoms with Crippen LogP contribution >= 0.6 is 23.2 Å². The molecule has 3 rings (SSSR count). The zero-order valence-electron chi connectivity index (χ0n) is 13.4. The molecule has 0 aliphatic carbocycles. The van der Waals surface area contributed by atoms with Crippen molar-refractivity contribution in [3.8, 4) is 0 Å². The van der Waals surface area contributed by atoms with Gasteiger partial charge in [-0.25, -0.2) is 0 Å². The van der Waals surface area contributed by atoms with E-state index in [1.807, 2.05) is 4.90 Å². The highest BCUT2D eigenvalue weighted by Gasteiger charge is 2.30. The summed E-state index contributed by atoms with van der Waals surface area (Å²) >= 11 is 12.0. The minimum atomic E-state index is -0.112. The molecule has 1 aromatic rings. The molecule has 5 nitrogen and oxygen atoms in total. The van der Waals surface area contributed by atoms with Crippen LogP contribution in [0.5, 0.6) is 0 Å². The van der Waals surface area contributed by atoms with E-state index in [9.17, 15) is 9.59 Å². The summed E-state index contributed by atoms with van der Waals surface area (Å²) in [4.78, 5) is 28.7. The number of carbonyl (C=O) groups is 2. The average Bonchev–Trinajstić information content (AvgIpc) is 2.61. The Hall–Kier alpha value is -1.30. The van der Waals surface area contributed by atoms with Gasteiger partial charge >= 0.3 is 0 Å². The fourth-order valence-electron chi connectivity index (χ4n) is 3.25. The lowest BCUT2D eigenvalue weighted by molar-refractivity contribution is -0.135. The van der Waals surface area contributed by atoms with E-state index in [0.29, 0.717) is 41.8 Å². The molecular weight excluding hydrogens is 349 g/mol. The van der Waals surface area contributed by atoms with Gasteiger partial charge in [-0.05, 0) is 37.6 Å². The van der Waals surface area contributed by atoms with Crippen molar-refractivity contribution in [2.24, 2.45) is 0 Å². The SMILES string of the molecule is O=C(c1ccc(Cl)cc1Cl)N1CCN(C(=O)C2CCCCN2)CC1. The summed E-state index contributed by atoms with van der Waals surface area (Å²) < 4.78 is 0. The first-order valence-electron chi connectivity index (χ1n) is 8.33. The highest BCUT2D eigenvalue weighted by molar-refractivity contribution is 6.36. The molecule has 2 saturated heterocycles. The molecule has 0 bridgehead atoms. The summed E-state index contributed by atoms with van der Waals surface area (Å²) in [5, 5.41) is 4.15. The van der Waals surface area contributed by atoms with Gasteiger partial charge in [-0.1, -0.05) is 29.6 Å². The first-order chi connectivity index (χ1) is 11.6. The monoisotopic (exact) mass is 369 g/mol. The number of piperidine rings is 1. The van der Waals surface area contributed by atoms with Crippen molar-refractivity contribution in [3.05, 3.63) is 33.8 Å². The van der Waals surface area contributed by atoms with Crippen LogP contribution in [-0.4, -0.2) is 60.4 Å². The van der Waals surface area contributed by atoms with Crippen molar-refractivity contribution in [2.75, 3.05) is 32.7 Å². The lowest BCUT2D eigenvalue weighted by Gasteiger charge is -2.37. The van der Waals surface area contributed by atoms with Crippen LogP contribution in [0.2, 0.25) is 10.0 Å². The molecule has 7 heteroatoms. The van der Waals surface area contributed by atoms with Crippen LogP contribution in [0.3, 0.4) is 0 Å². The molecular formula is C17H21Cl2N3O2. The number of piperazine rings is 1. The third-order valence-electron chi connectivity index (χ3n) is 4.65. The maximum Gasteiger partial charge on any atom is 0.255 e. The van der Waals surface area contributed by atoms with Gasteiger partial charge in [-0.15, -0.1) is 0 Å². The second kappa shape index (κ2) is 7.72. The van der Waals surface area contributed by atoms with Crippen molar-refractivity contribution in [3.63, 3.8) is 0 Å². The van der Waals surface area contributed by atoms with Crippen LogP contribution in [0, 0.1) is 0 Å². The van der Waals surface area contributed by atoms with Gasteiger partial charge in [-0.2, -0.15) is 0 Å². The average molecular weight is 370 g/mol. The summed E-state index contributed by atoms with van der Waals surface area (Å²) in [5.41, 5.74) is 0.454. The lowest BCUT2D eigenvalue weighted by Crippen LogP contribution is -2.55. The Morgan fingerprint density at radius 3 is 2.38 bits per heavy atom. The zero-order valence-corrected chi connectivity index (χ0v) is 14.9. The van der Waals surface area contributed by atoms with Gasteiger partial charge in [0, 0.05) is 31.2 Å². The predicted molar refractivity (Wildman–Crippen MR) is 94.6 cm³/mol. The molecule has 24 heavy (non-hydrogen) atoms. The lowest BCUT2D eigenvalue weighted by atomic mass is 10.0. The van der Waals surface area contributed by atoms with E-state index in [4.69, 9.17) is 23.2 Å². The third-order valence-corrected chi connectivity index (χ3v) is 5.20. The molecule has 0 radical (unpaired) electrons. The number of nitrogens with zero attached hydrogens (tertiary/aromatic N) is 2. The molecule has 1 aromatic carbocycles. The Labute approximate surface area is 151 Å². The molecule has 130 valence electrons. The van der Waals surface area contributed by atoms with Gasteiger partial charge in [-0.3, -0.25) is 9.59 Å². The van der Waals surface area contributed by atoms with Gasteiger partial charge < -0.3 is 15.1 Å². The predicted octanol–water partition coefficient (Wildman–Crippen LogP) is 2.42. The minimum Gasteiger partial charge on any atom is -0.338 e. The van der Waals surface area contributed by atoms with Crippen molar-refractivity contribution in [1.29, 1.82) is 0 Å². The molecule has 1 unspecified atom stereocenters. The number of amides is 2. The van der Waals surface area contributed by atoms with Crippen molar-refractivity contribution >= 4 is 35.0 Å². The van der Waals surface area contributed by atoms with Crippen molar-refractivity contribution in [2.45, 2.75) is 25.3 Å². The Morgan fingerprint density at radius 2 is 1.75 bits per heavy atom. The molecule has 2 aliphatic rings. The van der Waals surface area contributed by atoms with E-state index >= 15 is 0 Å². The summed E-state index contributed by atoms with van der Waals surface area (Å²) in [6.07, 6.45) is 3.13. The van der Waals surface area contributed by atoms with E-state index in [2.05, 4.69) is 5.32 Å². The molecule has 0 aromatic heterocycles. The Kier molecular flexibility index (Phi) is 5.64. The molecule has 2 fully saturated rings. The fourth-order valence-corrected chi connectivity index (χ4v) is 3.74.